The molecule has 2 aliphatic heterocycles. The Morgan fingerprint density at radius 2 is 1.83 bits per heavy atom. The smallest absolute Gasteiger partial charge is 0.285 e. The number of halogens is 1. The van der Waals surface area contributed by atoms with Crippen molar-refractivity contribution in [2.24, 2.45) is 0 Å². The summed E-state index contributed by atoms with van der Waals surface area (Å²) in [6, 6.07) is 10.2. The average Bonchev–Trinajstić information content (AvgIpc) is 3.78. The van der Waals surface area contributed by atoms with E-state index in [1.54, 1.807) is 43.5 Å². The first-order valence-corrected chi connectivity index (χ1v) is 14.5. The number of nitrogens with one attached hydrogen (secondary N) is 1. The number of rotatable bonds is 6. The lowest BCUT2D eigenvalue weighted by Crippen LogP contribution is -2.46. The molecule has 3 aliphatic rings. The number of piperazine rings is 1. The Hall–Kier alpha value is -3.74. The normalized spacial score (nSPS) is 19.0. The molecule has 0 spiro atoms. The van der Waals surface area contributed by atoms with Crippen molar-refractivity contribution in [3.8, 4) is 5.75 Å². The lowest BCUT2D eigenvalue weighted by atomic mass is 10.1. The standard InChI is InChI=1S/C29H28FN5O4S2/c1-32-9-11-33(12-10-32)24-15-23-20(14-22(24)30)26(36)21(16-34(23)18-5-6-18)27(37)31-35-28(38)25(41-29(35)40)13-17-3-7-19(39-2)8-4-17/h3-4,7-8,13-16,18H,5-6,9-12H2,1-2H3,(H,31,37)/b25-13-. The molecule has 41 heavy (non-hydrogen) atoms. The van der Waals surface area contributed by atoms with Crippen molar-refractivity contribution in [2.45, 2.75) is 18.9 Å². The number of fused-ring (bicyclic) bond motifs is 1. The Kier molecular flexibility index (Phi) is 7.30. The quantitative estimate of drug-likeness (QED) is 0.342. The monoisotopic (exact) mass is 593 g/mol. The van der Waals surface area contributed by atoms with Gasteiger partial charge in [-0.1, -0.05) is 23.9 Å². The lowest BCUT2D eigenvalue weighted by Gasteiger charge is -2.34. The van der Waals surface area contributed by atoms with E-state index < -0.39 is 23.1 Å². The minimum atomic E-state index is -0.781. The van der Waals surface area contributed by atoms with E-state index in [4.69, 9.17) is 17.0 Å². The summed E-state index contributed by atoms with van der Waals surface area (Å²) in [5.41, 5.74) is 3.54. The number of nitrogens with zero attached hydrogens (tertiary/aromatic N) is 4. The number of aromatic nitrogens is 1. The minimum Gasteiger partial charge on any atom is -0.497 e. The number of thiocarbonyl (C=S) groups is 1. The zero-order chi connectivity index (χ0) is 28.8. The summed E-state index contributed by atoms with van der Waals surface area (Å²) in [5.74, 6) is -1.10. The number of amides is 2. The van der Waals surface area contributed by atoms with E-state index in [-0.39, 0.29) is 21.3 Å². The zero-order valence-electron chi connectivity index (χ0n) is 22.6. The van der Waals surface area contributed by atoms with E-state index in [1.165, 1.54) is 12.3 Å². The van der Waals surface area contributed by atoms with Crippen LogP contribution in [0, 0.1) is 5.82 Å². The molecular formula is C29H28FN5O4S2. The summed E-state index contributed by atoms with van der Waals surface area (Å²) >= 11 is 6.41. The lowest BCUT2D eigenvalue weighted by molar-refractivity contribution is -0.123. The molecule has 0 bridgehead atoms. The second-order valence-electron chi connectivity index (χ2n) is 10.4. The van der Waals surface area contributed by atoms with Crippen LogP contribution in [0.1, 0.15) is 34.8 Å². The Morgan fingerprint density at radius 3 is 2.49 bits per heavy atom. The summed E-state index contributed by atoms with van der Waals surface area (Å²) in [6.07, 6.45) is 4.98. The third-order valence-corrected chi connectivity index (χ3v) is 8.85. The molecule has 2 amide bonds. The molecule has 0 atom stereocenters. The first kappa shape index (κ1) is 27.4. The Balaban J connectivity index is 1.29. The van der Waals surface area contributed by atoms with Crippen LogP contribution < -0.4 is 20.5 Å². The largest absolute Gasteiger partial charge is 0.497 e. The van der Waals surface area contributed by atoms with Gasteiger partial charge in [0.2, 0.25) is 5.43 Å². The van der Waals surface area contributed by atoms with Gasteiger partial charge >= 0.3 is 0 Å². The maximum Gasteiger partial charge on any atom is 0.285 e. The number of hydrogen-bond donors (Lipinski definition) is 1. The van der Waals surface area contributed by atoms with Crippen LogP contribution in [-0.4, -0.2) is 70.9 Å². The van der Waals surface area contributed by atoms with Crippen molar-refractivity contribution in [1.29, 1.82) is 0 Å². The predicted molar refractivity (Wildman–Crippen MR) is 162 cm³/mol. The number of anilines is 1. The van der Waals surface area contributed by atoms with Gasteiger partial charge < -0.3 is 19.1 Å². The van der Waals surface area contributed by atoms with Crippen LogP contribution in [0.3, 0.4) is 0 Å². The first-order valence-electron chi connectivity index (χ1n) is 13.3. The van der Waals surface area contributed by atoms with Gasteiger partial charge in [-0.05, 0) is 68.0 Å². The number of carbonyl (C=O) groups excluding carboxylic acids is 2. The predicted octanol–water partition coefficient (Wildman–Crippen LogP) is 3.78. The molecule has 0 radical (unpaired) electrons. The molecule has 1 aromatic heterocycles. The van der Waals surface area contributed by atoms with Gasteiger partial charge in [0.25, 0.3) is 11.8 Å². The Labute approximate surface area is 245 Å². The van der Waals surface area contributed by atoms with E-state index in [1.807, 2.05) is 16.5 Å². The summed E-state index contributed by atoms with van der Waals surface area (Å²) in [5, 5.41) is 1.10. The van der Waals surface area contributed by atoms with Crippen LogP contribution in [0.4, 0.5) is 10.1 Å². The second-order valence-corrected chi connectivity index (χ2v) is 12.0. The molecule has 3 heterocycles. The molecule has 1 saturated carbocycles. The molecule has 6 rings (SSSR count). The van der Waals surface area contributed by atoms with Crippen molar-refractivity contribution >= 4 is 62.8 Å². The Morgan fingerprint density at radius 1 is 1.12 bits per heavy atom. The fourth-order valence-electron chi connectivity index (χ4n) is 5.04. The number of thioether (sulfide) groups is 1. The van der Waals surface area contributed by atoms with Crippen LogP contribution in [0.2, 0.25) is 0 Å². The van der Waals surface area contributed by atoms with Crippen molar-refractivity contribution in [3.63, 3.8) is 0 Å². The van der Waals surface area contributed by atoms with Crippen LogP contribution in [0.5, 0.6) is 5.75 Å². The number of methoxy groups -OCH3 is 1. The number of benzene rings is 2. The van der Waals surface area contributed by atoms with Crippen molar-refractivity contribution in [3.05, 3.63) is 74.7 Å². The SMILES string of the molecule is COc1ccc(/C=C2\SC(=S)N(NC(=O)c3cn(C4CC4)c4cc(N5CCN(C)CC5)c(F)cc4c3=O)C2=O)cc1. The molecule has 0 unspecified atom stereocenters. The number of pyridine rings is 1. The number of hydrazine groups is 1. The van der Waals surface area contributed by atoms with Crippen molar-refractivity contribution in [2.75, 3.05) is 45.2 Å². The molecule has 212 valence electrons. The highest BCUT2D eigenvalue weighted by Gasteiger charge is 2.35. The highest BCUT2D eigenvalue weighted by Crippen LogP contribution is 2.38. The third-order valence-electron chi connectivity index (χ3n) is 7.55. The molecule has 2 aromatic carbocycles. The fourth-order valence-corrected chi connectivity index (χ4v) is 6.22. The van der Waals surface area contributed by atoms with Gasteiger partial charge in [0.15, 0.2) is 4.32 Å². The molecule has 3 aromatic rings. The van der Waals surface area contributed by atoms with Crippen LogP contribution >= 0.6 is 24.0 Å². The van der Waals surface area contributed by atoms with E-state index in [0.717, 1.165) is 48.3 Å². The summed E-state index contributed by atoms with van der Waals surface area (Å²) < 4.78 is 22.6. The molecule has 3 fully saturated rings. The van der Waals surface area contributed by atoms with Gasteiger partial charge in [0, 0.05) is 43.8 Å². The summed E-state index contributed by atoms with van der Waals surface area (Å²) in [4.78, 5) is 44.5. The molecule has 12 heteroatoms. The number of hydrogen-bond acceptors (Lipinski definition) is 8. The summed E-state index contributed by atoms with van der Waals surface area (Å²) in [7, 11) is 3.60. The molecule has 9 nitrogen and oxygen atoms in total. The van der Waals surface area contributed by atoms with E-state index >= 15 is 4.39 Å². The van der Waals surface area contributed by atoms with Crippen LogP contribution in [0.15, 0.2) is 52.3 Å². The molecule has 1 N–H and O–H groups in total. The highest BCUT2D eigenvalue weighted by atomic mass is 32.2. The van der Waals surface area contributed by atoms with Crippen LogP contribution in [-0.2, 0) is 4.79 Å². The van der Waals surface area contributed by atoms with E-state index in [2.05, 4.69) is 10.3 Å². The van der Waals surface area contributed by atoms with Crippen molar-refractivity contribution in [1.82, 2.24) is 19.9 Å². The topological polar surface area (TPSA) is 87.1 Å². The second kappa shape index (κ2) is 10.9. The number of likely N-dealkylation sites (N-methyl/N-ethyl adjacent to an activating group) is 1. The maximum absolute atomic E-state index is 15.4. The van der Waals surface area contributed by atoms with Gasteiger partial charge in [0.1, 0.15) is 17.1 Å². The maximum atomic E-state index is 15.4. The Bertz CT molecular complexity index is 1660. The number of ether oxygens (including phenoxy) is 1. The molecular weight excluding hydrogens is 565 g/mol. The zero-order valence-corrected chi connectivity index (χ0v) is 24.2. The molecule has 2 saturated heterocycles. The van der Waals surface area contributed by atoms with Crippen molar-refractivity contribution < 1.29 is 18.7 Å². The van der Waals surface area contributed by atoms with Gasteiger partial charge in [-0.3, -0.25) is 19.8 Å². The van der Waals surface area contributed by atoms with Crippen LogP contribution in [0.25, 0.3) is 17.0 Å². The fraction of sp³-hybridized carbons (Fsp3) is 0.310. The van der Waals surface area contributed by atoms with E-state index in [9.17, 15) is 14.4 Å². The van der Waals surface area contributed by atoms with E-state index in [0.29, 0.717) is 34.9 Å². The van der Waals surface area contributed by atoms with Gasteiger partial charge in [-0.15, -0.1) is 0 Å². The highest BCUT2D eigenvalue weighted by molar-refractivity contribution is 8.26. The number of carbonyl (C=O) groups is 2. The summed E-state index contributed by atoms with van der Waals surface area (Å²) in [6.45, 7) is 3.00. The minimum absolute atomic E-state index is 0.111. The third kappa shape index (κ3) is 5.34. The van der Waals surface area contributed by atoms with Gasteiger partial charge in [-0.25, -0.2) is 4.39 Å². The average molecular weight is 594 g/mol. The van der Waals surface area contributed by atoms with Gasteiger partial charge in [-0.2, -0.15) is 5.01 Å². The molecule has 1 aliphatic carbocycles. The first-order chi connectivity index (χ1) is 19.7. The van der Waals surface area contributed by atoms with Gasteiger partial charge in [0.05, 0.1) is 23.2 Å².